The molecule has 1 aliphatic rings. The molecule has 4 nitrogen and oxygen atoms in total. The number of piperidine rings is 1. The van der Waals surface area contributed by atoms with E-state index >= 15 is 0 Å². The quantitative estimate of drug-likeness (QED) is 0.767. The van der Waals surface area contributed by atoms with Crippen molar-refractivity contribution in [2.24, 2.45) is 5.92 Å². The number of hydrogen-bond acceptors (Lipinski definition) is 4. The van der Waals surface area contributed by atoms with E-state index in [4.69, 9.17) is 4.74 Å². The second-order valence-corrected chi connectivity index (χ2v) is 7.50. The van der Waals surface area contributed by atoms with Gasteiger partial charge in [-0.25, -0.2) is 0 Å². The minimum Gasteiger partial charge on any atom is -0.497 e. The van der Waals surface area contributed by atoms with Gasteiger partial charge in [0.2, 0.25) is 0 Å². The maximum atomic E-state index is 11.5. The molecule has 138 valence electrons. The third-order valence-corrected chi connectivity index (χ3v) is 5.77. The number of nitrogens with zero attached hydrogens (tertiary/aromatic N) is 1. The minimum absolute atomic E-state index is 0.0546. The standard InChI is InChI=1S/C21H25NO3S/c1-25-18-9-5-15(6-10-18)20(16-7-11-19(26-2)12-8-16)22-13-3-4-17(14-22)21(23)24/h5-12,17,20H,3-4,13-14H2,1-2H3,(H,23,24). The smallest absolute Gasteiger partial charge is 0.307 e. The van der Waals surface area contributed by atoms with Gasteiger partial charge in [0.1, 0.15) is 5.75 Å². The Morgan fingerprint density at radius 3 is 2.31 bits per heavy atom. The Morgan fingerprint density at radius 1 is 1.15 bits per heavy atom. The van der Waals surface area contributed by atoms with Gasteiger partial charge in [-0.1, -0.05) is 24.3 Å². The Morgan fingerprint density at radius 2 is 1.77 bits per heavy atom. The molecule has 1 fully saturated rings. The Labute approximate surface area is 159 Å². The van der Waals surface area contributed by atoms with E-state index in [0.29, 0.717) is 6.54 Å². The van der Waals surface area contributed by atoms with Crippen molar-refractivity contribution in [3.05, 3.63) is 59.7 Å². The first-order chi connectivity index (χ1) is 12.6. The first-order valence-corrected chi connectivity index (χ1v) is 10.1. The molecule has 3 rings (SSSR count). The van der Waals surface area contributed by atoms with Crippen LogP contribution in [0.1, 0.15) is 30.0 Å². The summed E-state index contributed by atoms with van der Waals surface area (Å²) in [6.45, 7) is 1.49. The molecule has 0 radical (unpaired) electrons. The van der Waals surface area contributed by atoms with Crippen LogP contribution >= 0.6 is 11.8 Å². The number of carboxylic acids is 1. The van der Waals surface area contributed by atoms with Crippen LogP contribution in [0, 0.1) is 5.92 Å². The highest BCUT2D eigenvalue weighted by atomic mass is 32.2. The van der Waals surface area contributed by atoms with Crippen LogP contribution in [0.3, 0.4) is 0 Å². The summed E-state index contributed by atoms with van der Waals surface area (Å²) in [4.78, 5) is 15.0. The van der Waals surface area contributed by atoms with E-state index in [-0.39, 0.29) is 12.0 Å². The van der Waals surface area contributed by atoms with Crippen LogP contribution in [0.4, 0.5) is 0 Å². The van der Waals surface area contributed by atoms with Gasteiger partial charge >= 0.3 is 5.97 Å². The van der Waals surface area contributed by atoms with Gasteiger partial charge in [0.05, 0.1) is 19.1 Å². The highest BCUT2D eigenvalue weighted by molar-refractivity contribution is 7.98. The van der Waals surface area contributed by atoms with Crippen molar-refractivity contribution in [2.45, 2.75) is 23.8 Å². The zero-order valence-corrected chi connectivity index (χ0v) is 16.0. The van der Waals surface area contributed by atoms with Gasteiger partial charge in [0.15, 0.2) is 0 Å². The number of carboxylic acid groups (broad SMARTS) is 1. The lowest BCUT2D eigenvalue weighted by atomic mass is 9.91. The van der Waals surface area contributed by atoms with Gasteiger partial charge < -0.3 is 9.84 Å². The summed E-state index contributed by atoms with van der Waals surface area (Å²) in [6.07, 6.45) is 3.73. The van der Waals surface area contributed by atoms with Crippen LogP contribution in [0.25, 0.3) is 0 Å². The molecule has 0 amide bonds. The predicted molar refractivity (Wildman–Crippen MR) is 105 cm³/mol. The summed E-state index contributed by atoms with van der Waals surface area (Å²) >= 11 is 1.72. The zero-order chi connectivity index (χ0) is 18.5. The van der Waals surface area contributed by atoms with Crippen molar-refractivity contribution in [3.8, 4) is 5.75 Å². The number of carbonyl (C=O) groups is 1. The molecule has 2 aromatic rings. The molecule has 1 heterocycles. The Hall–Kier alpha value is -1.98. The molecule has 0 saturated carbocycles. The van der Waals surface area contributed by atoms with Crippen molar-refractivity contribution < 1.29 is 14.6 Å². The maximum Gasteiger partial charge on any atom is 0.307 e. The first kappa shape index (κ1) is 18.8. The molecule has 1 saturated heterocycles. The molecule has 1 aliphatic heterocycles. The van der Waals surface area contributed by atoms with E-state index in [9.17, 15) is 9.90 Å². The van der Waals surface area contributed by atoms with E-state index in [1.165, 1.54) is 10.5 Å². The number of aliphatic carboxylic acids is 1. The first-order valence-electron chi connectivity index (χ1n) is 8.87. The van der Waals surface area contributed by atoms with Crippen molar-refractivity contribution in [1.29, 1.82) is 0 Å². The van der Waals surface area contributed by atoms with Crippen LogP contribution in [-0.4, -0.2) is 42.4 Å². The lowest BCUT2D eigenvalue weighted by Crippen LogP contribution is -2.41. The molecule has 2 unspecified atom stereocenters. The predicted octanol–water partition coefficient (Wildman–Crippen LogP) is 4.30. The van der Waals surface area contributed by atoms with E-state index in [1.54, 1.807) is 18.9 Å². The summed E-state index contributed by atoms with van der Waals surface area (Å²) in [5.74, 6) is -0.164. The number of likely N-dealkylation sites (tertiary alicyclic amines) is 1. The van der Waals surface area contributed by atoms with Crippen LogP contribution in [0.15, 0.2) is 53.4 Å². The van der Waals surface area contributed by atoms with Crippen LogP contribution in [0.5, 0.6) is 5.75 Å². The van der Waals surface area contributed by atoms with Crippen molar-refractivity contribution in [1.82, 2.24) is 4.90 Å². The highest BCUT2D eigenvalue weighted by Crippen LogP contribution is 2.34. The second kappa shape index (κ2) is 8.60. The molecule has 2 aromatic carbocycles. The van der Waals surface area contributed by atoms with Crippen LogP contribution in [-0.2, 0) is 4.79 Å². The van der Waals surface area contributed by atoms with Crippen molar-refractivity contribution in [3.63, 3.8) is 0 Å². The Kier molecular flexibility index (Phi) is 6.22. The van der Waals surface area contributed by atoms with E-state index < -0.39 is 5.97 Å². The summed E-state index contributed by atoms with van der Waals surface area (Å²) < 4.78 is 5.28. The molecule has 0 aromatic heterocycles. The third-order valence-electron chi connectivity index (χ3n) is 5.03. The van der Waals surface area contributed by atoms with E-state index in [1.807, 2.05) is 12.1 Å². The van der Waals surface area contributed by atoms with E-state index in [0.717, 1.165) is 30.7 Å². The monoisotopic (exact) mass is 371 g/mol. The third kappa shape index (κ3) is 4.22. The molecule has 1 N–H and O–H groups in total. The average molecular weight is 372 g/mol. The summed E-state index contributed by atoms with van der Waals surface area (Å²) in [7, 11) is 1.66. The molecule has 5 heteroatoms. The average Bonchev–Trinajstić information content (AvgIpc) is 2.69. The fourth-order valence-electron chi connectivity index (χ4n) is 3.63. The van der Waals surface area contributed by atoms with E-state index in [2.05, 4.69) is 47.6 Å². The lowest BCUT2D eigenvalue weighted by Gasteiger charge is -2.37. The normalized spacial score (nSPS) is 19.1. The summed E-state index contributed by atoms with van der Waals surface area (Å²) in [5, 5.41) is 9.47. The highest BCUT2D eigenvalue weighted by Gasteiger charge is 2.31. The molecular weight excluding hydrogens is 346 g/mol. The fraction of sp³-hybridized carbons (Fsp3) is 0.381. The van der Waals surface area contributed by atoms with Gasteiger partial charge in [0, 0.05) is 11.4 Å². The number of thioether (sulfide) groups is 1. The zero-order valence-electron chi connectivity index (χ0n) is 15.2. The second-order valence-electron chi connectivity index (χ2n) is 6.62. The van der Waals surface area contributed by atoms with Crippen LogP contribution < -0.4 is 4.74 Å². The van der Waals surface area contributed by atoms with Gasteiger partial charge in [-0.3, -0.25) is 9.69 Å². The lowest BCUT2D eigenvalue weighted by molar-refractivity contribution is -0.143. The SMILES string of the molecule is COc1ccc(C(c2ccc(SC)cc2)N2CCCC(C(=O)O)C2)cc1. The molecule has 2 atom stereocenters. The number of rotatable bonds is 6. The van der Waals surface area contributed by atoms with Crippen molar-refractivity contribution >= 4 is 17.7 Å². The number of methoxy groups -OCH3 is 1. The van der Waals surface area contributed by atoms with Gasteiger partial charge in [-0.05, 0) is 61.0 Å². The van der Waals surface area contributed by atoms with Gasteiger partial charge in [-0.15, -0.1) is 11.8 Å². The summed E-state index contributed by atoms with van der Waals surface area (Å²) in [5.41, 5.74) is 2.35. The fourth-order valence-corrected chi connectivity index (χ4v) is 4.04. The largest absolute Gasteiger partial charge is 0.497 e. The molecule has 0 aliphatic carbocycles. The van der Waals surface area contributed by atoms with Crippen molar-refractivity contribution in [2.75, 3.05) is 26.5 Å². The Bertz CT molecular complexity index is 682. The Balaban J connectivity index is 1.95. The number of benzene rings is 2. The summed E-state index contributed by atoms with van der Waals surface area (Å²) in [6, 6.07) is 16.7. The van der Waals surface area contributed by atoms with Gasteiger partial charge in [-0.2, -0.15) is 0 Å². The molecular formula is C21H25NO3S. The number of hydrogen-bond donors (Lipinski definition) is 1. The molecule has 26 heavy (non-hydrogen) atoms. The van der Waals surface area contributed by atoms with Crippen LogP contribution in [0.2, 0.25) is 0 Å². The van der Waals surface area contributed by atoms with Gasteiger partial charge in [0.25, 0.3) is 0 Å². The minimum atomic E-state index is -0.694. The number of ether oxygens (including phenoxy) is 1. The molecule has 0 spiro atoms. The maximum absolute atomic E-state index is 11.5. The molecule has 0 bridgehead atoms. The topological polar surface area (TPSA) is 49.8 Å².